The van der Waals surface area contributed by atoms with Gasteiger partial charge in [-0.15, -0.1) is 0 Å². The molecule has 35 heavy (non-hydrogen) atoms. The van der Waals surface area contributed by atoms with Gasteiger partial charge in [-0.1, -0.05) is 29.8 Å². The lowest BCUT2D eigenvalue weighted by atomic mass is 9.81. The number of para-hydroxylation sites is 1. The van der Waals surface area contributed by atoms with Gasteiger partial charge in [0.2, 0.25) is 0 Å². The number of allylic oxidation sites excluding steroid dienone is 1. The van der Waals surface area contributed by atoms with Crippen LogP contribution in [0, 0.1) is 11.3 Å². The van der Waals surface area contributed by atoms with Crippen molar-refractivity contribution >= 4 is 17.6 Å². The van der Waals surface area contributed by atoms with Gasteiger partial charge in [-0.05, 0) is 62.6 Å². The minimum atomic E-state index is -5.08. The van der Waals surface area contributed by atoms with Gasteiger partial charge < -0.3 is 20.7 Å². The normalized spacial score (nSPS) is 20.0. The average molecular weight is 489 g/mol. The summed E-state index contributed by atoms with van der Waals surface area (Å²) in [7, 11) is 0. The topological polar surface area (TPSA) is 131 Å². The zero-order chi connectivity index (χ0) is 25.4. The minimum absolute atomic E-state index is 0.155. The highest BCUT2D eigenvalue weighted by atomic mass is 19.4. The standard InChI is InChI=1S/C22H25N5O.C2HF3O2/c23-13-17-14-25-21(26-17)22(28)27-19-9-5-4-8-18(19)16-10-11-24-20(12-16)15-6-2-1-3-7-15;3-2(4,5)1(6)7/h4-6,8-9,14,16,20,24H,1-3,7,10-12H2,(H,25,26)(H,27,28);(H,6,7). The van der Waals surface area contributed by atoms with E-state index in [1.807, 2.05) is 24.3 Å². The number of carboxylic acids is 1. The van der Waals surface area contributed by atoms with Crippen LogP contribution in [-0.2, 0) is 4.79 Å². The van der Waals surface area contributed by atoms with Crippen LogP contribution in [0.3, 0.4) is 0 Å². The number of aliphatic carboxylic acids is 1. The van der Waals surface area contributed by atoms with E-state index >= 15 is 0 Å². The maximum Gasteiger partial charge on any atom is 0.490 e. The number of alkyl halides is 3. The first-order valence-electron chi connectivity index (χ1n) is 11.3. The highest BCUT2D eigenvalue weighted by Crippen LogP contribution is 2.36. The van der Waals surface area contributed by atoms with Crippen molar-refractivity contribution in [1.29, 1.82) is 5.26 Å². The number of aromatic amines is 1. The van der Waals surface area contributed by atoms with Gasteiger partial charge >= 0.3 is 12.1 Å². The van der Waals surface area contributed by atoms with Gasteiger partial charge in [0, 0.05) is 11.7 Å². The maximum absolute atomic E-state index is 12.6. The Bertz CT molecular complexity index is 1120. The molecule has 186 valence electrons. The number of benzene rings is 1. The van der Waals surface area contributed by atoms with Crippen molar-refractivity contribution in [3.05, 3.63) is 59.2 Å². The molecule has 0 spiro atoms. The van der Waals surface area contributed by atoms with Crippen molar-refractivity contribution < 1.29 is 27.9 Å². The Morgan fingerprint density at radius 3 is 2.60 bits per heavy atom. The monoisotopic (exact) mass is 489 g/mol. The molecule has 11 heteroatoms. The highest BCUT2D eigenvalue weighted by molar-refractivity contribution is 6.02. The molecule has 4 N–H and O–H groups in total. The molecule has 1 aliphatic carbocycles. The molecule has 4 rings (SSSR count). The Morgan fingerprint density at radius 2 is 1.97 bits per heavy atom. The Hall–Kier alpha value is -3.65. The zero-order valence-corrected chi connectivity index (χ0v) is 18.9. The number of carbonyl (C=O) groups excluding carboxylic acids is 1. The number of H-pyrrole nitrogens is 1. The molecular formula is C24H26F3N5O3. The van der Waals surface area contributed by atoms with E-state index in [-0.39, 0.29) is 17.4 Å². The highest BCUT2D eigenvalue weighted by Gasteiger charge is 2.38. The number of piperidine rings is 1. The Labute approximate surface area is 200 Å². The summed E-state index contributed by atoms with van der Waals surface area (Å²) in [4.78, 5) is 28.2. The lowest BCUT2D eigenvalue weighted by Crippen LogP contribution is -2.39. The zero-order valence-electron chi connectivity index (χ0n) is 18.9. The van der Waals surface area contributed by atoms with Gasteiger partial charge in [-0.3, -0.25) is 4.79 Å². The fourth-order valence-corrected chi connectivity index (χ4v) is 4.30. The van der Waals surface area contributed by atoms with Gasteiger partial charge in [-0.25, -0.2) is 9.78 Å². The van der Waals surface area contributed by atoms with Crippen LogP contribution >= 0.6 is 0 Å². The fraction of sp³-hybridized carbons (Fsp3) is 0.417. The van der Waals surface area contributed by atoms with E-state index < -0.39 is 12.1 Å². The molecule has 8 nitrogen and oxygen atoms in total. The van der Waals surface area contributed by atoms with Crippen LogP contribution in [0.1, 0.15) is 66.3 Å². The number of hydrogen-bond donors (Lipinski definition) is 4. The van der Waals surface area contributed by atoms with E-state index in [1.165, 1.54) is 37.4 Å². The van der Waals surface area contributed by atoms with Crippen LogP contribution in [0.4, 0.5) is 18.9 Å². The number of carboxylic acid groups (broad SMARTS) is 1. The largest absolute Gasteiger partial charge is 0.490 e. The van der Waals surface area contributed by atoms with Crippen LogP contribution in [0.15, 0.2) is 42.1 Å². The summed E-state index contributed by atoms with van der Waals surface area (Å²) in [6.45, 7) is 0.985. The third-order valence-corrected chi connectivity index (χ3v) is 5.98. The lowest BCUT2D eigenvalue weighted by molar-refractivity contribution is -0.192. The predicted octanol–water partition coefficient (Wildman–Crippen LogP) is 4.50. The number of nitriles is 1. The smallest absolute Gasteiger partial charge is 0.475 e. The van der Waals surface area contributed by atoms with Crippen molar-refractivity contribution in [2.24, 2.45) is 0 Å². The summed E-state index contributed by atoms with van der Waals surface area (Å²) in [6, 6.07) is 10.4. The number of amides is 1. The second-order valence-electron chi connectivity index (χ2n) is 8.35. The number of rotatable bonds is 4. The minimum Gasteiger partial charge on any atom is -0.475 e. The summed E-state index contributed by atoms with van der Waals surface area (Å²) < 4.78 is 31.7. The molecule has 1 amide bonds. The Kier molecular flexibility index (Phi) is 8.65. The number of anilines is 1. The molecule has 1 aliphatic heterocycles. The van der Waals surface area contributed by atoms with Gasteiger partial charge in [0.05, 0.1) is 6.20 Å². The fourth-order valence-electron chi connectivity index (χ4n) is 4.30. The van der Waals surface area contributed by atoms with Crippen LogP contribution in [0.5, 0.6) is 0 Å². The molecule has 2 unspecified atom stereocenters. The van der Waals surface area contributed by atoms with E-state index in [1.54, 1.807) is 5.57 Å². The molecule has 2 aliphatic rings. The maximum atomic E-state index is 12.6. The second kappa shape index (κ2) is 11.7. The SMILES string of the molecule is N#Cc1cnc(C(=O)Nc2ccccc2C2CCNC(C3=CCCCC3)C2)[nH]1.O=C(O)C(F)(F)F. The average Bonchev–Trinajstić information content (AvgIpc) is 3.35. The lowest BCUT2D eigenvalue weighted by Gasteiger charge is -2.34. The number of halogens is 3. The number of hydrogen-bond acceptors (Lipinski definition) is 5. The van der Waals surface area contributed by atoms with Gasteiger partial charge in [-0.2, -0.15) is 18.4 Å². The molecule has 0 saturated carbocycles. The van der Waals surface area contributed by atoms with Gasteiger partial charge in [0.25, 0.3) is 5.91 Å². The van der Waals surface area contributed by atoms with E-state index in [4.69, 9.17) is 15.2 Å². The molecule has 0 radical (unpaired) electrons. The molecular weight excluding hydrogens is 463 g/mol. The predicted molar refractivity (Wildman–Crippen MR) is 122 cm³/mol. The first kappa shape index (κ1) is 26.0. The van der Waals surface area contributed by atoms with Crippen molar-refractivity contribution in [2.45, 2.75) is 56.7 Å². The molecule has 2 aromatic rings. The summed E-state index contributed by atoms with van der Waals surface area (Å²) in [5.74, 6) is -2.53. The molecule has 2 atom stereocenters. The molecule has 1 fully saturated rings. The van der Waals surface area contributed by atoms with E-state index in [0.29, 0.717) is 12.0 Å². The number of aromatic nitrogens is 2. The van der Waals surface area contributed by atoms with Crippen molar-refractivity contribution in [3.8, 4) is 6.07 Å². The molecule has 2 heterocycles. The van der Waals surface area contributed by atoms with Crippen molar-refractivity contribution in [3.63, 3.8) is 0 Å². The Balaban J connectivity index is 0.000000429. The van der Waals surface area contributed by atoms with Crippen LogP contribution in [0.2, 0.25) is 0 Å². The second-order valence-corrected chi connectivity index (χ2v) is 8.35. The number of nitrogens with zero attached hydrogens (tertiary/aromatic N) is 2. The molecule has 1 saturated heterocycles. The first-order chi connectivity index (χ1) is 16.7. The summed E-state index contributed by atoms with van der Waals surface area (Å²) >= 11 is 0. The van der Waals surface area contributed by atoms with Crippen LogP contribution in [0.25, 0.3) is 0 Å². The van der Waals surface area contributed by atoms with Gasteiger partial charge in [0.15, 0.2) is 5.82 Å². The van der Waals surface area contributed by atoms with Crippen LogP contribution in [-0.4, -0.2) is 45.7 Å². The third kappa shape index (κ3) is 7.16. The number of carbonyl (C=O) groups is 2. The quantitative estimate of drug-likeness (QED) is 0.468. The molecule has 1 aromatic heterocycles. The van der Waals surface area contributed by atoms with Crippen molar-refractivity contribution in [2.75, 3.05) is 11.9 Å². The molecule has 0 bridgehead atoms. The third-order valence-electron chi connectivity index (χ3n) is 5.98. The molecule has 1 aromatic carbocycles. The first-order valence-corrected chi connectivity index (χ1v) is 11.3. The summed E-state index contributed by atoms with van der Waals surface area (Å²) in [5.41, 5.74) is 3.83. The van der Waals surface area contributed by atoms with Gasteiger partial charge in [0.1, 0.15) is 11.8 Å². The summed E-state index contributed by atoms with van der Waals surface area (Å²) in [6.07, 6.45) is 5.79. The van der Waals surface area contributed by atoms with Crippen molar-refractivity contribution in [1.82, 2.24) is 15.3 Å². The summed E-state index contributed by atoms with van der Waals surface area (Å²) in [5, 5.41) is 22.7. The van der Waals surface area contributed by atoms with E-state index in [2.05, 4.69) is 32.7 Å². The van der Waals surface area contributed by atoms with E-state index in [0.717, 1.165) is 25.1 Å². The number of imidazole rings is 1. The van der Waals surface area contributed by atoms with Crippen LogP contribution < -0.4 is 10.6 Å². The van der Waals surface area contributed by atoms with E-state index in [9.17, 15) is 18.0 Å². The Morgan fingerprint density at radius 1 is 1.23 bits per heavy atom. The number of nitrogens with one attached hydrogen (secondary N) is 3.